The van der Waals surface area contributed by atoms with Gasteiger partial charge in [-0.1, -0.05) is 0 Å². The molecule has 1 aromatic rings. The number of rotatable bonds is 3. The van der Waals surface area contributed by atoms with Gasteiger partial charge in [0.15, 0.2) is 6.10 Å². The van der Waals surface area contributed by atoms with Crippen molar-refractivity contribution in [3.8, 4) is 0 Å². The zero-order valence-electron chi connectivity index (χ0n) is 7.71. The lowest BCUT2D eigenvalue weighted by molar-refractivity contribution is -0.144. The number of carbonyl (C=O) groups excluding carboxylic acids is 1. The summed E-state index contributed by atoms with van der Waals surface area (Å²) in [4.78, 5) is 19.1. The minimum Gasteiger partial charge on any atom is -0.464 e. The lowest BCUT2D eigenvalue weighted by Gasteiger charge is -1.96. The Kier molecular flexibility index (Phi) is 2.41. The topological polar surface area (TPSA) is 64.6 Å². The van der Waals surface area contributed by atoms with Gasteiger partial charge < -0.3 is 9.47 Å². The lowest BCUT2D eigenvalue weighted by Crippen LogP contribution is -2.12. The van der Waals surface area contributed by atoms with Crippen LogP contribution >= 0.6 is 0 Å². The van der Waals surface area contributed by atoms with Gasteiger partial charge in [0.25, 0.3) is 0 Å². The number of epoxide rings is 1. The number of hydrogen-bond donors (Lipinski definition) is 0. The monoisotopic (exact) mass is 194 g/mol. The molecule has 0 bridgehead atoms. The van der Waals surface area contributed by atoms with Crippen molar-refractivity contribution >= 4 is 5.97 Å². The fraction of sp³-hybridized carbons (Fsp3) is 0.444. The van der Waals surface area contributed by atoms with E-state index in [1.54, 1.807) is 25.5 Å². The van der Waals surface area contributed by atoms with E-state index in [-0.39, 0.29) is 12.1 Å². The summed E-state index contributed by atoms with van der Waals surface area (Å²) in [7, 11) is 0. The van der Waals surface area contributed by atoms with Gasteiger partial charge in [-0.05, 0) is 6.92 Å². The smallest absolute Gasteiger partial charge is 0.338 e. The number of aromatic nitrogens is 2. The Balaban J connectivity index is 1.96. The summed E-state index contributed by atoms with van der Waals surface area (Å²) in [6, 6.07) is 0. The highest BCUT2D eigenvalue weighted by Crippen LogP contribution is 2.37. The van der Waals surface area contributed by atoms with Crippen LogP contribution in [0.1, 0.15) is 18.7 Å². The maximum atomic E-state index is 11.2. The molecule has 2 atom stereocenters. The standard InChI is InChI=1S/C9H10N2O3/c1-2-13-9(12)8-7(14-8)6-5-10-3-4-11-6/h3-5,7-8H,2H2,1H3. The van der Waals surface area contributed by atoms with E-state index in [0.29, 0.717) is 12.3 Å². The predicted octanol–water partition coefficient (Wildman–Crippen LogP) is 0.480. The number of ether oxygens (including phenoxy) is 2. The van der Waals surface area contributed by atoms with Crippen molar-refractivity contribution in [2.24, 2.45) is 0 Å². The highest BCUT2D eigenvalue weighted by atomic mass is 16.6. The Labute approximate surface area is 81.1 Å². The Morgan fingerprint density at radius 2 is 2.50 bits per heavy atom. The molecule has 0 aromatic carbocycles. The third-order valence-electron chi connectivity index (χ3n) is 1.89. The average molecular weight is 194 g/mol. The molecule has 1 aliphatic heterocycles. The summed E-state index contributed by atoms with van der Waals surface area (Å²) in [5.41, 5.74) is 0.672. The van der Waals surface area contributed by atoms with Crippen LogP contribution in [0.4, 0.5) is 0 Å². The van der Waals surface area contributed by atoms with Crippen molar-refractivity contribution in [1.29, 1.82) is 0 Å². The number of hydrogen-bond acceptors (Lipinski definition) is 5. The summed E-state index contributed by atoms with van der Waals surface area (Å²) in [6.45, 7) is 2.13. The second-order valence-electron chi connectivity index (χ2n) is 2.86. The van der Waals surface area contributed by atoms with E-state index >= 15 is 0 Å². The summed E-state index contributed by atoms with van der Waals surface area (Å²) in [5.74, 6) is -0.330. The van der Waals surface area contributed by atoms with Gasteiger partial charge in [-0.15, -0.1) is 0 Å². The molecule has 14 heavy (non-hydrogen) atoms. The predicted molar refractivity (Wildman–Crippen MR) is 46.3 cm³/mol. The molecule has 1 aromatic heterocycles. The van der Waals surface area contributed by atoms with Crippen molar-refractivity contribution in [3.05, 3.63) is 24.3 Å². The molecule has 0 spiro atoms. The molecule has 2 heterocycles. The molecule has 1 aliphatic rings. The van der Waals surface area contributed by atoms with Gasteiger partial charge in [-0.2, -0.15) is 0 Å². The largest absolute Gasteiger partial charge is 0.464 e. The van der Waals surface area contributed by atoms with Crippen molar-refractivity contribution in [2.45, 2.75) is 19.1 Å². The maximum absolute atomic E-state index is 11.2. The van der Waals surface area contributed by atoms with E-state index in [4.69, 9.17) is 9.47 Å². The Hall–Kier alpha value is -1.49. The third kappa shape index (κ3) is 1.72. The molecule has 74 valence electrons. The normalized spacial score (nSPS) is 24.4. The van der Waals surface area contributed by atoms with Gasteiger partial charge in [-0.3, -0.25) is 9.97 Å². The molecule has 1 fully saturated rings. The van der Waals surface area contributed by atoms with Crippen LogP contribution in [0.15, 0.2) is 18.6 Å². The molecule has 2 unspecified atom stereocenters. The average Bonchev–Trinajstić information content (AvgIpc) is 2.99. The first kappa shape index (κ1) is 9.08. The summed E-state index contributed by atoms with van der Waals surface area (Å²) >= 11 is 0. The van der Waals surface area contributed by atoms with Crippen LogP contribution in [0.2, 0.25) is 0 Å². The van der Waals surface area contributed by atoms with Crippen molar-refractivity contribution in [3.63, 3.8) is 0 Å². The second-order valence-corrected chi connectivity index (χ2v) is 2.86. The summed E-state index contributed by atoms with van der Waals surface area (Å²) in [5, 5.41) is 0. The molecule has 5 heteroatoms. The molecule has 0 radical (unpaired) electrons. The molecule has 0 amide bonds. The summed E-state index contributed by atoms with van der Waals surface area (Å²) < 4.78 is 9.95. The second kappa shape index (κ2) is 3.71. The van der Waals surface area contributed by atoms with Crippen molar-refractivity contribution in [2.75, 3.05) is 6.61 Å². The van der Waals surface area contributed by atoms with E-state index in [9.17, 15) is 4.79 Å². The minimum atomic E-state index is -0.494. The summed E-state index contributed by atoms with van der Waals surface area (Å²) in [6.07, 6.45) is 3.96. The molecule has 5 nitrogen and oxygen atoms in total. The van der Waals surface area contributed by atoms with Crippen LogP contribution in [0.5, 0.6) is 0 Å². The van der Waals surface area contributed by atoms with Crippen LogP contribution in [-0.4, -0.2) is 28.6 Å². The number of carbonyl (C=O) groups is 1. The Morgan fingerprint density at radius 3 is 3.14 bits per heavy atom. The first-order valence-electron chi connectivity index (χ1n) is 4.41. The molecule has 0 saturated carbocycles. The van der Waals surface area contributed by atoms with Gasteiger partial charge >= 0.3 is 5.97 Å². The van der Waals surface area contributed by atoms with Gasteiger partial charge in [0.1, 0.15) is 6.10 Å². The molecule has 0 N–H and O–H groups in total. The third-order valence-corrected chi connectivity index (χ3v) is 1.89. The quantitative estimate of drug-likeness (QED) is 0.517. The van der Waals surface area contributed by atoms with Gasteiger partial charge in [0.2, 0.25) is 0 Å². The van der Waals surface area contributed by atoms with Crippen LogP contribution in [0.25, 0.3) is 0 Å². The highest BCUT2D eigenvalue weighted by Gasteiger charge is 2.48. The zero-order valence-corrected chi connectivity index (χ0v) is 7.71. The van der Waals surface area contributed by atoms with Crippen molar-refractivity contribution < 1.29 is 14.3 Å². The maximum Gasteiger partial charge on any atom is 0.338 e. The van der Waals surface area contributed by atoms with E-state index in [1.165, 1.54) is 0 Å². The van der Waals surface area contributed by atoms with Crippen LogP contribution < -0.4 is 0 Å². The number of nitrogens with zero attached hydrogens (tertiary/aromatic N) is 2. The van der Waals surface area contributed by atoms with Crippen LogP contribution in [0.3, 0.4) is 0 Å². The zero-order chi connectivity index (χ0) is 9.97. The number of esters is 1. The SMILES string of the molecule is CCOC(=O)C1OC1c1cnccn1. The van der Waals surface area contributed by atoms with Crippen LogP contribution in [-0.2, 0) is 14.3 Å². The van der Waals surface area contributed by atoms with Crippen molar-refractivity contribution in [1.82, 2.24) is 9.97 Å². The fourth-order valence-electron chi connectivity index (χ4n) is 1.20. The molecular weight excluding hydrogens is 184 g/mol. The van der Waals surface area contributed by atoms with E-state index in [0.717, 1.165) is 0 Å². The lowest BCUT2D eigenvalue weighted by atomic mass is 10.2. The minimum absolute atomic E-state index is 0.275. The first-order valence-corrected chi connectivity index (χ1v) is 4.41. The molecule has 2 rings (SSSR count). The molecular formula is C9H10N2O3. The van der Waals surface area contributed by atoms with Crippen LogP contribution in [0, 0.1) is 0 Å². The van der Waals surface area contributed by atoms with Gasteiger partial charge in [-0.25, -0.2) is 4.79 Å². The molecule has 1 saturated heterocycles. The Morgan fingerprint density at radius 1 is 1.64 bits per heavy atom. The van der Waals surface area contributed by atoms with Gasteiger partial charge in [0.05, 0.1) is 18.5 Å². The van der Waals surface area contributed by atoms with E-state index in [1.807, 2.05) is 0 Å². The fourth-order valence-corrected chi connectivity index (χ4v) is 1.20. The van der Waals surface area contributed by atoms with E-state index in [2.05, 4.69) is 9.97 Å². The highest BCUT2D eigenvalue weighted by molar-refractivity contribution is 5.78. The first-order chi connectivity index (χ1) is 6.83. The van der Waals surface area contributed by atoms with Gasteiger partial charge in [0, 0.05) is 12.4 Å². The Bertz CT molecular complexity index is 328. The molecule has 0 aliphatic carbocycles. The van der Waals surface area contributed by atoms with E-state index < -0.39 is 6.10 Å².